The Morgan fingerprint density at radius 3 is 1.34 bits per heavy atom. The molecule has 0 N–H and O–H groups in total. The maximum Gasteiger partial charge on any atom is 0.178 e. The molecule has 0 saturated carbocycles. The second-order valence-electron chi connectivity index (χ2n) is 18.7. The van der Waals surface area contributed by atoms with E-state index in [0.29, 0.717) is 17.2 Å². The summed E-state index contributed by atoms with van der Waals surface area (Å²) in [5, 5.41) is 0. The van der Waals surface area contributed by atoms with Gasteiger partial charge in [-0.1, -0.05) is 176 Å². The highest BCUT2D eigenvalue weighted by Gasteiger charge is 2.58. The fraction of sp³-hybridized carbons (Fsp3) is 0.0448. The number of ether oxygens (including phenoxy) is 2. The smallest absolute Gasteiger partial charge is 0.178 e. The van der Waals surface area contributed by atoms with Gasteiger partial charge < -0.3 is 19.3 Å². The minimum Gasteiger partial charge on any atom is -0.449 e. The standard InChI is InChI=1S/C67H46N2O2/c1-5-19-47(20-6-1)68(48-21-7-2-8-22-48)51-37-33-45(34-38-51)56-43-63-64(44-57(56)46-35-39-52(40-36-46)69(49-23-9-3-10-24-49)50-25-11-4-12-26-50)71-66-62(70-63)42-41-61-65(66)55-29-15-18-32-60(55)67(61)58-30-16-13-27-53(58)54-28-14-17-31-59(54)67/h1-44,53,58H. The molecule has 0 amide bonds. The molecular weight excluding hydrogens is 865 g/mol. The van der Waals surface area contributed by atoms with Crippen LogP contribution in [0, 0.1) is 5.92 Å². The minimum absolute atomic E-state index is 0.220. The van der Waals surface area contributed by atoms with E-state index in [2.05, 4.69) is 277 Å². The third-order valence-corrected chi connectivity index (χ3v) is 15.0. The van der Waals surface area contributed by atoms with E-state index < -0.39 is 0 Å². The zero-order chi connectivity index (χ0) is 46.9. The molecule has 0 radical (unpaired) electrons. The van der Waals surface area contributed by atoms with E-state index in [4.69, 9.17) is 9.47 Å². The van der Waals surface area contributed by atoms with Crippen LogP contribution in [-0.2, 0) is 5.41 Å². The molecule has 3 unspecified atom stereocenters. The molecule has 14 rings (SSSR count). The van der Waals surface area contributed by atoms with Crippen LogP contribution in [0.2, 0.25) is 0 Å². The molecule has 10 aromatic carbocycles. The summed E-state index contributed by atoms with van der Waals surface area (Å²) in [7, 11) is 0. The number of nitrogens with zero attached hydrogens (tertiary/aromatic N) is 2. The lowest BCUT2D eigenvalue weighted by atomic mass is 9.65. The maximum atomic E-state index is 7.31. The summed E-state index contributed by atoms with van der Waals surface area (Å²) in [6, 6.07) is 86.7. The molecule has 336 valence electrons. The lowest BCUT2D eigenvalue weighted by Gasteiger charge is -2.36. The van der Waals surface area contributed by atoms with Crippen LogP contribution in [0.5, 0.6) is 23.0 Å². The number of hydrogen-bond acceptors (Lipinski definition) is 4. The van der Waals surface area contributed by atoms with Crippen LogP contribution < -0.4 is 19.3 Å². The average Bonchev–Trinajstić information content (AvgIpc) is 3.92. The van der Waals surface area contributed by atoms with E-state index >= 15 is 0 Å². The van der Waals surface area contributed by atoms with Gasteiger partial charge in [-0.25, -0.2) is 0 Å². The zero-order valence-corrected chi connectivity index (χ0v) is 38.8. The fourth-order valence-electron chi connectivity index (χ4n) is 12.0. The van der Waals surface area contributed by atoms with E-state index in [1.165, 1.54) is 27.8 Å². The molecule has 1 aliphatic heterocycles. The van der Waals surface area contributed by atoms with Crippen LogP contribution in [-0.4, -0.2) is 0 Å². The molecule has 4 aliphatic rings. The Labute approximate surface area is 414 Å². The van der Waals surface area contributed by atoms with Crippen LogP contribution in [0.4, 0.5) is 34.1 Å². The molecule has 71 heavy (non-hydrogen) atoms. The highest BCUT2D eigenvalue weighted by Crippen LogP contribution is 2.68. The van der Waals surface area contributed by atoms with Crippen LogP contribution in [0.1, 0.15) is 28.2 Å². The lowest BCUT2D eigenvalue weighted by molar-refractivity contribution is 0.360. The predicted molar refractivity (Wildman–Crippen MR) is 290 cm³/mol. The van der Waals surface area contributed by atoms with Crippen LogP contribution in [0.25, 0.3) is 33.4 Å². The van der Waals surface area contributed by atoms with E-state index in [1.54, 1.807) is 0 Å². The molecular formula is C67H46N2O2. The van der Waals surface area contributed by atoms with Crippen molar-refractivity contribution in [1.29, 1.82) is 0 Å². The molecule has 1 heterocycles. The Hall–Kier alpha value is -9.12. The summed E-state index contributed by atoms with van der Waals surface area (Å²) in [4.78, 5) is 4.59. The Morgan fingerprint density at radius 1 is 0.338 bits per heavy atom. The van der Waals surface area contributed by atoms with Gasteiger partial charge in [0.25, 0.3) is 0 Å². The maximum absolute atomic E-state index is 7.31. The lowest BCUT2D eigenvalue weighted by Crippen LogP contribution is -2.32. The van der Waals surface area contributed by atoms with E-state index in [0.717, 1.165) is 67.7 Å². The average molecular weight is 911 g/mol. The van der Waals surface area contributed by atoms with Gasteiger partial charge in [-0.2, -0.15) is 0 Å². The van der Waals surface area contributed by atoms with E-state index in [9.17, 15) is 0 Å². The normalized spacial score (nSPS) is 17.2. The van der Waals surface area contributed by atoms with Crippen LogP contribution in [0.15, 0.2) is 267 Å². The topological polar surface area (TPSA) is 24.9 Å². The second kappa shape index (κ2) is 16.5. The van der Waals surface area contributed by atoms with E-state index in [-0.39, 0.29) is 17.3 Å². The molecule has 10 aromatic rings. The Morgan fingerprint density at radius 2 is 0.789 bits per heavy atom. The van der Waals surface area contributed by atoms with Crippen molar-refractivity contribution in [2.24, 2.45) is 5.92 Å². The quantitative estimate of drug-likeness (QED) is 0.152. The van der Waals surface area contributed by atoms with Gasteiger partial charge in [0.05, 0.1) is 5.41 Å². The molecule has 1 spiro atoms. The first-order chi connectivity index (χ1) is 35.2. The largest absolute Gasteiger partial charge is 0.449 e. The van der Waals surface area contributed by atoms with Gasteiger partial charge in [0.1, 0.15) is 0 Å². The van der Waals surface area contributed by atoms with Gasteiger partial charge >= 0.3 is 0 Å². The van der Waals surface area contributed by atoms with Crippen LogP contribution >= 0.6 is 0 Å². The van der Waals surface area contributed by atoms with Gasteiger partial charge in [0.2, 0.25) is 0 Å². The summed E-state index contributed by atoms with van der Waals surface area (Å²) in [5.41, 5.74) is 18.0. The van der Waals surface area contributed by atoms with Gasteiger partial charge in [-0.15, -0.1) is 0 Å². The van der Waals surface area contributed by atoms with Crippen LogP contribution in [0.3, 0.4) is 0 Å². The number of hydrogen-bond donors (Lipinski definition) is 0. The van der Waals surface area contributed by atoms with Crippen molar-refractivity contribution in [3.8, 4) is 56.4 Å². The number of fused-ring (bicyclic) bond motifs is 13. The molecule has 0 fully saturated rings. The Kier molecular flexibility index (Phi) is 9.53. The van der Waals surface area contributed by atoms with Crippen molar-refractivity contribution in [2.75, 3.05) is 9.80 Å². The third-order valence-electron chi connectivity index (χ3n) is 15.0. The van der Waals surface area contributed by atoms with Crippen molar-refractivity contribution in [3.05, 3.63) is 289 Å². The molecule has 0 aromatic heterocycles. The SMILES string of the molecule is C1=CC2c3ccccc3C3(c4ccccc4-c4c3ccc3c4Oc4cc(-c5ccc(N(c6ccccc6)c6ccccc6)cc5)c(-c5ccc(N(c6ccccc6)c6ccccc6)cc5)cc4O3)C2C=C1. The molecule has 0 saturated heterocycles. The molecule has 4 heteroatoms. The first kappa shape index (κ1) is 40.9. The van der Waals surface area contributed by atoms with Gasteiger partial charge in [-0.05, 0) is 141 Å². The molecule has 3 atom stereocenters. The van der Waals surface area contributed by atoms with Crippen molar-refractivity contribution in [1.82, 2.24) is 0 Å². The molecule has 4 nitrogen and oxygen atoms in total. The van der Waals surface area contributed by atoms with Gasteiger partial charge in [0.15, 0.2) is 23.0 Å². The molecule has 3 aliphatic carbocycles. The number of rotatable bonds is 8. The van der Waals surface area contributed by atoms with Crippen molar-refractivity contribution in [3.63, 3.8) is 0 Å². The minimum atomic E-state index is -0.375. The fourth-order valence-corrected chi connectivity index (χ4v) is 12.0. The first-order valence-electron chi connectivity index (χ1n) is 24.5. The number of allylic oxidation sites excluding steroid dienone is 4. The highest BCUT2D eigenvalue weighted by atomic mass is 16.6. The number of anilines is 6. The summed E-state index contributed by atoms with van der Waals surface area (Å²) in [6.45, 7) is 0. The monoisotopic (exact) mass is 910 g/mol. The Bertz CT molecular complexity index is 3620. The summed E-state index contributed by atoms with van der Waals surface area (Å²) in [6.07, 6.45) is 9.25. The van der Waals surface area contributed by atoms with Crippen molar-refractivity contribution in [2.45, 2.75) is 11.3 Å². The zero-order valence-electron chi connectivity index (χ0n) is 38.8. The summed E-state index contributed by atoms with van der Waals surface area (Å²) < 4.78 is 14.4. The third kappa shape index (κ3) is 6.45. The van der Waals surface area contributed by atoms with Crippen molar-refractivity contribution < 1.29 is 9.47 Å². The number of benzene rings is 10. The number of para-hydroxylation sites is 4. The second-order valence-corrected chi connectivity index (χ2v) is 18.7. The van der Waals surface area contributed by atoms with Gasteiger partial charge in [-0.3, -0.25) is 0 Å². The summed E-state index contributed by atoms with van der Waals surface area (Å²) in [5.74, 6) is 3.34. The van der Waals surface area contributed by atoms with E-state index in [1.807, 2.05) is 0 Å². The highest BCUT2D eigenvalue weighted by molar-refractivity contribution is 5.93. The van der Waals surface area contributed by atoms with Gasteiger partial charge in [0, 0.05) is 51.5 Å². The Balaban J connectivity index is 0.913. The van der Waals surface area contributed by atoms with Crippen molar-refractivity contribution >= 4 is 34.1 Å². The summed E-state index contributed by atoms with van der Waals surface area (Å²) >= 11 is 0. The predicted octanol–water partition coefficient (Wildman–Crippen LogP) is 18.0. The first-order valence-corrected chi connectivity index (χ1v) is 24.5. The molecule has 0 bridgehead atoms.